The van der Waals surface area contributed by atoms with E-state index in [0.29, 0.717) is 32.5 Å². The number of carbonyl (C=O) groups excluding carboxylic acids is 2. The first-order valence-corrected chi connectivity index (χ1v) is 12.3. The lowest BCUT2D eigenvalue weighted by Crippen LogP contribution is -2.39. The summed E-state index contributed by atoms with van der Waals surface area (Å²) in [6, 6.07) is 15.4. The fraction of sp³-hybridized carbons (Fsp3) is 0.464. The lowest BCUT2D eigenvalue weighted by molar-refractivity contribution is -0.144. The second kappa shape index (κ2) is 10.1. The smallest absolute Gasteiger partial charge is 0.414 e. The first-order valence-electron chi connectivity index (χ1n) is 12.3. The molecule has 7 nitrogen and oxygen atoms in total. The molecule has 0 unspecified atom stereocenters. The average molecular weight is 479 g/mol. The van der Waals surface area contributed by atoms with Crippen LogP contribution in [0.3, 0.4) is 0 Å². The van der Waals surface area contributed by atoms with Crippen LogP contribution in [-0.4, -0.2) is 47.6 Å². The highest BCUT2D eigenvalue weighted by atomic mass is 16.6. The van der Waals surface area contributed by atoms with E-state index in [4.69, 9.17) is 4.74 Å². The molecular weight excluding hydrogens is 444 g/mol. The highest BCUT2D eigenvalue weighted by Crippen LogP contribution is 2.34. The first kappa shape index (κ1) is 24.8. The second-order valence-corrected chi connectivity index (χ2v) is 10.6. The summed E-state index contributed by atoms with van der Waals surface area (Å²) in [6.45, 7) is 7.47. The summed E-state index contributed by atoms with van der Waals surface area (Å²) in [4.78, 5) is 41.1. The molecule has 0 aliphatic carbocycles. The molecule has 1 saturated heterocycles. The molecule has 0 spiro atoms. The number of ether oxygens (including phenoxy) is 1. The molecule has 2 aliphatic rings. The minimum atomic E-state index is -0.848. The molecule has 2 aliphatic heterocycles. The van der Waals surface area contributed by atoms with Crippen molar-refractivity contribution in [1.29, 1.82) is 0 Å². The number of anilines is 1. The molecule has 1 N–H and O–H groups in total. The summed E-state index contributed by atoms with van der Waals surface area (Å²) in [5.41, 5.74) is 3.17. The summed E-state index contributed by atoms with van der Waals surface area (Å²) >= 11 is 0. The minimum absolute atomic E-state index is 0.0614. The Hall–Kier alpha value is -3.35. The first-order chi connectivity index (χ1) is 16.6. The molecule has 2 aromatic rings. The van der Waals surface area contributed by atoms with Crippen LogP contribution >= 0.6 is 0 Å². The van der Waals surface area contributed by atoms with E-state index in [1.807, 2.05) is 69.3 Å². The fourth-order valence-electron chi connectivity index (χ4n) is 5.02. The standard InChI is InChI=1S/C28H34N2O5/c1-28(2,3)26(33)29-13-11-22(17-29)23(25(31)32)15-20-9-10-21-12-14-30(24(21)16-20)27(34)35-18-19-7-5-4-6-8-19/h4-10,16,22-23H,11-15,17-18H2,1-3H3,(H,31,32)/t22-,23-/m0/s1. The number of nitrogens with zero attached hydrogens (tertiary/aromatic N) is 2. The van der Waals surface area contributed by atoms with E-state index in [9.17, 15) is 19.5 Å². The maximum Gasteiger partial charge on any atom is 0.414 e. The number of carbonyl (C=O) groups is 3. The van der Waals surface area contributed by atoms with Gasteiger partial charge in [0.2, 0.25) is 5.91 Å². The minimum Gasteiger partial charge on any atom is -0.481 e. The molecule has 2 atom stereocenters. The number of hydrogen-bond acceptors (Lipinski definition) is 4. The zero-order valence-corrected chi connectivity index (χ0v) is 20.7. The van der Waals surface area contributed by atoms with Gasteiger partial charge in [0.25, 0.3) is 0 Å². The highest BCUT2D eigenvalue weighted by molar-refractivity contribution is 5.90. The summed E-state index contributed by atoms with van der Waals surface area (Å²) in [6.07, 6.45) is 1.39. The second-order valence-electron chi connectivity index (χ2n) is 10.6. The Bertz CT molecular complexity index is 1090. The molecule has 186 valence electrons. The van der Waals surface area contributed by atoms with Crippen LogP contribution in [0, 0.1) is 17.3 Å². The van der Waals surface area contributed by atoms with Crippen LogP contribution in [0.2, 0.25) is 0 Å². The number of amides is 2. The normalized spacial score (nSPS) is 18.3. The topological polar surface area (TPSA) is 87.2 Å². The van der Waals surface area contributed by atoms with Gasteiger partial charge in [-0.25, -0.2) is 4.79 Å². The van der Waals surface area contributed by atoms with Crippen molar-refractivity contribution in [3.05, 3.63) is 65.2 Å². The molecule has 4 rings (SSSR count). The molecular formula is C28H34N2O5. The summed E-state index contributed by atoms with van der Waals surface area (Å²) in [5, 5.41) is 10.0. The van der Waals surface area contributed by atoms with E-state index in [0.717, 1.165) is 28.8 Å². The fourth-order valence-corrected chi connectivity index (χ4v) is 5.02. The number of carboxylic acids is 1. The molecule has 1 fully saturated rings. The Morgan fingerprint density at radius 3 is 2.49 bits per heavy atom. The number of fused-ring (bicyclic) bond motifs is 1. The van der Waals surface area contributed by atoms with Crippen molar-refractivity contribution < 1.29 is 24.2 Å². The molecule has 7 heteroatoms. The summed E-state index contributed by atoms with van der Waals surface area (Å²) in [5.74, 6) is -1.48. The zero-order valence-electron chi connectivity index (χ0n) is 20.7. The molecule has 0 bridgehead atoms. The molecule has 0 aromatic heterocycles. The number of benzene rings is 2. The third-order valence-electron chi connectivity index (χ3n) is 6.97. The Balaban J connectivity index is 1.44. The van der Waals surface area contributed by atoms with Gasteiger partial charge in [0.15, 0.2) is 0 Å². The molecule has 0 saturated carbocycles. The number of rotatable bonds is 6. The highest BCUT2D eigenvalue weighted by Gasteiger charge is 2.38. The van der Waals surface area contributed by atoms with Gasteiger partial charge in [-0.15, -0.1) is 0 Å². The van der Waals surface area contributed by atoms with E-state index in [1.54, 1.807) is 9.80 Å². The lowest BCUT2D eigenvalue weighted by Gasteiger charge is -2.26. The average Bonchev–Trinajstić information content (AvgIpc) is 3.47. The van der Waals surface area contributed by atoms with Crippen LogP contribution in [0.15, 0.2) is 48.5 Å². The third-order valence-corrected chi connectivity index (χ3v) is 6.97. The Morgan fingerprint density at radius 2 is 1.80 bits per heavy atom. The Kier molecular flexibility index (Phi) is 7.15. The maximum atomic E-state index is 12.8. The van der Waals surface area contributed by atoms with Crippen molar-refractivity contribution in [2.24, 2.45) is 17.3 Å². The van der Waals surface area contributed by atoms with Crippen molar-refractivity contribution in [3.63, 3.8) is 0 Å². The van der Waals surface area contributed by atoms with Gasteiger partial charge >= 0.3 is 12.1 Å². The van der Waals surface area contributed by atoms with E-state index < -0.39 is 23.4 Å². The van der Waals surface area contributed by atoms with Gasteiger partial charge in [-0.2, -0.15) is 0 Å². The van der Waals surface area contributed by atoms with Gasteiger partial charge in [0, 0.05) is 25.0 Å². The van der Waals surface area contributed by atoms with Crippen LogP contribution in [-0.2, 0) is 33.8 Å². The predicted octanol–water partition coefficient (Wildman–Crippen LogP) is 4.52. The van der Waals surface area contributed by atoms with Crippen LogP contribution < -0.4 is 4.90 Å². The quantitative estimate of drug-likeness (QED) is 0.659. The van der Waals surface area contributed by atoms with E-state index >= 15 is 0 Å². The van der Waals surface area contributed by atoms with Gasteiger partial charge in [0.05, 0.1) is 11.6 Å². The number of aliphatic carboxylic acids is 1. The van der Waals surface area contributed by atoms with Crippen LogP contribution in [0.25, 0.3) is 0 Å². The van der Waals surface area contributed by atoms with Crippen molar-refractivity contribution in [2.75, 3.05) is 24.5 Å². The van der Waals surface area contributed by atoms with Crippen molar-refractivity contribution in [1.82, 2.24) is 4.90 Å². The number of carboxylic acid groups (broad SMARTS) is 1. The van der Waals surface area contributed by atoms with Gasteiger partial charge in [0.1, 0.15) is 6.61 Å². The lowest BCUT2D eigenvalue weighted by atomic mass is 9.85. The number of hydrogen-bond donors (Lipinski definition) is 1. The summed E-state index contributed by atoms with van der Waals surface area (Å²) < 4.78 is 5.53. The van der Waals surface area contributed by atoms with Crippen LogP contribution in [0.5, 0.6) is 0 Å². The molecule has 2 heterocycles. The molecule has 2 aromatic carbocycles. The van der Waals surface area contributed by atoms with Gasteiger partial charge < -0.3 is 14.7 Å². The SMILES string of the molecule is CC(C)(C)C(=O)N1CC[C@H]([C@H](Cc2ccc3c(c2)N(C(=O)OCc2ccccc2)CC3)C(=O)O)C1. The van der Waals surface area contributed by atoms with Gasteiger partial charge in [-0.1, -0.05) is 63.2 Å². The predicted molar refractivity (Wildman–Crippen MR) is 133 cm³/mol. The molecule has 2 amide bonds. The summed E-state index contributed by atoms with van der Waals surface area (Å²) in [7, 11) is 0. The number of likely N-dealkylation sites (tertiary alicyclic amines) is 1. The maximum absolute atomic E-state index is 12.8. The van der Waals surface area contributed by atoms with Crippen LogP contribution in [0.1, 0.15) is 43.9 Å². The van der Waals surface area contributed by atoms with E-state index in [1.165, 1.54) is 0 Å². The van der Waals surface area contributed by atoms with Crippen molar-refractivity contribution >= 4 is 23.7 Å². The van der Waals surface area contributed by atoms with E-state index in [-0.39, 0.29) is 18.4 Å². The Labute approximate surface area is 206 Å². The monoisotopic (exact) mass is 478 g/mol. The van der Waals surface area contributed by atoms with Crippen molar-refractivity contribution in [3.8, 4) is 0 Å². The van der Waals surface area contributed by atoms with Gasteiger partial charge in [-0.3, -0.25) is 14.5 Å². The zero-order chi connectivity index (χ0) is 25.2. The van der Waals surface area contributed by atoms with Crippen LogP contribution in [0.4, 0.5) is 10.5 Å². The van der Waals surface area contributed by atoms with E-state index in [2.05, 4.69) is 0 Å². The largest absolute Gasteiger partial charge is 0.481 e. The third kappa shape index (κ3) is 5.66. The molecule has 0 radical (unpaired) electrons. The Morgan fingerprint density at radius 1 is 1.06 bits per heavy atom. The van der Waals surface area contributed by atoms with Gasteiger partial charge in [-0.05, 0) is 47.9 Å². The molecule has 35 heavy (non-hydrogen) atoms. The van der Waals surface area contributed by atoms with Crippen molar-refractivity contribution in [2.45, 2.75) is 46.6 Å².